The molecule has 1 aliphatic rings. The molecule has 0 aromatic carbocycles. The predicted molar refractivity (Wildman–Crippen MR) is 62.7 cm³/mol. The Morgan fingerprint density at radius 3 is 2.80 bits per heavy atom. The largest absolute Gasteiger partial charge is 0.314 e. The first-order valence-electron chi connectivity index (χ1n) is 5.97. The lowest BCUT2D eigenvalue weighted by atomic mass is 9.93. The number of hydrogen-bond donors (Lipinski definition) is 1. The predicted octanol–water partition coefficient (Wildman–Crippen LogP) is 2.40. The Morgan fingerprint density at radius 1 is 1.33 bits per heavy atom. The van der Waals surface area contributed by atoms with Crippen LogP contribution in [0, 0.1) is 5.92 Å². The van der Waals surface area contributed by atoms with E-state index in [0.717, 1.165) is 12.0 Å². The maximum atomic E-state index is 4.03. The maximum Gasteiger partial charge on any atom is 0.0270 e. The van der Waals surface area contributed by atoms with Gasteiger partial charge >= 0.3 is 0 Å². The molecule has 1 aliphatic heterocycles. The summed E-state index contributed by atoms with van der Waals surface area (Å²) in [6, 6.07) is 4.96. The van der Waals surface area contributed by atoms with E-state index in [1.54, 1.807) is 0 Å². The third kappa shape index (κ3) is 3.31. The molecular formula is C13H20N2. The molecule has 2 heteroatoms. The zero-order valence-electron chi connectivity index (χ0n) is 9.45. The van der Waals surface area contributed by atoms with E-state index in [1.807, 2.05) is 12.4 Å². The molecule has 2 atom stereocenters. The molecule has 0 radical (unpaired) electrons. The molecule has 1 saturated heterocycles. The monoisotopic (exact) mass is 204 g/mol. The summed E-state index contributed by atoms with van der Waals surface area (Å²) in [6.45, 7) is 3.52. The Hall–Kier alpha value is -0.890. The van der Waals surface area contributed by atoms with Gasteiger partial charge in [0.15, 0.2) is 0 Å². The fourth-order valence-electron chi connectivity index (χ4n) is 2.19. The second-order valence-corrected chi connectivity index (χ2v) is 4.68. The van der Waals surface area contributed by atoms with Gasteiger partial charge < -0.3 is 5.32 Å². The van der Waals surface area contributed by atoms with Crippen molar-refractivity contribution in [2.75, 3.05) is 6.54 Å². The van der Waals surface area contributed by atoms with Crippen molar-refractivity contribution in [3.8, 4) is 0 Å². The number of aryl methyl sites for hydroxylation is 1. The van der Waals surface area contributed by atoms with E-state index < -0.39 is 0 Å². The van der Waals surface area contributed by atoms with Crippen molar-refractivity contribution in [1.82, 2.24) is 10.3 Å². The van der Waals surface area contributed by atoms with Crippen molar-refractivity contribution in [2.45, 2.75) is 38.6 Å². The van der Waals surface area contributed by atoms with Gasteiger partial charge in [0, 0.05) is 18.4 Å². The topological polar surface area (TPSA) is 24.9 Å². The van der Waals surface area contributed by atoms with Crippen LogP contribution in [-0.2, 0) is 6.42 Å². The Balaban J connectivity index is 1.74. The summed E-state index contributed by atoms with van der Waals surface area (Å²) in [5, 5.41) is 3.62. The van der Waals surface area contributed by atoms with Crippen LogP contribution in [0.4, 0.5) is 0 Å². The third-order valence-corrected chi connectivity index (χ3v) is 3.29. The van der Waals surface area contributed by atoms with Gasteiger partial charge in [-0.05, 0) is 55.8 Å². The van der Waals surface area contributed by atoms with Crippen molar-refractivity contribution in [1.29, 1.82) is 0 Å². The van der Waals surface area contributed by atoms with Crippen LogP contribution in [0.15, 0.2) is 24.5 Å². The number of hydrogen-bond acceptors (Lipinski definition) is 2. The minimum atomic E-state index is 0.731. The Kier molecular flexibility index (Phi) is 3.73. The van der Waals surface area contributed by atoms with Crippen LogP contribution < -0.4 is 5.32 Å². The van der Waals surface area contributed by atoms with Crippen molar-refractivity contribution < 1.29 is 0 Å². The van der Waals surface area contributed by atoms with Crippen LogP contribution in [0.2, 0.25) is 0 Å². The fourth-order valence-corrected chi connectivity index (χ4v) is 2.19. The van der Waals surface area contributed by atoms with Gasteiger partial charge in [-0.25, -0.2) is 0 Å². The van der Waals surface area contributed by atoms with Crippen molar-refractivity contribution in [3.63, 3.8) is 0 Å². The van der Waals surface area contributed by atoms with Crippen LogP contribution in [0.1, 0.15) is 31.7 Å². The lowest BCUT2D eigenvalue weighted by Gasteiger charge is -2.27. The molecule has 0 spiro atoms. The highest BCUT2D eigenvalue weighted by molar-refractivity contribution is 5.09. The number of nitrogens with zero attached hydrogens (tertiary/aromatic N) is 1. The van der Waals surface area contributed by atoms with Crippen molar-refractivity contribution >= 4 is 0 Å². The number of aromatic nitrogens is 1. The number of nitrogens with one attached hydrogen (secondary N) is 1. The molecule has 0 aliphatic carbocycles. The molecular weight excluding hydrogens is 184 g/mol. The smallest absolute Gasteiger partial charge is 0.0270 e. The van der Waals surface area contributed by atoms with Gasteiger partial charge in [-0.1, -0.05) is 6.92 Å². The van der Waals surface area contributed by atoms with E-state index in [0.29, 0.717) is 0 Å². The summed E-state index contributed by atoms with van der Waals surface area (Å²) >= 11 is 0. The first-order chi connectivity index (χ1) is 7.34. The van der Waals surface area contributed by atoms with Crippen LogP contribution in [0.5, 0.6) is 0 Å². The third-order valence-electron chi connectivity index (χ3n) is 3.29. The van der Waals surface area contributed by atoms with Gasteiger partial charge in [-0.3, -0.25) is 4.98 Å². The normalized spacial score (nSPS) is 26.5. The lowest BCUT2D eigenvalue weighted by molar-refractivity contribution is 0.316. The van der Waals surface area contributed by atoms with Gasteiger partial charge in [0.1, 0.15) is 0 Å². The van der Waals surface area contributed by atoms with E-state index in [9.17, 15) is 0 Å². The van der Waals surface area contributed by atoms with E-state index in [1.165, 1.54) is 37.8 Å². The van der Waals surface area contributed by atoms with Crippen LogP contribution in [0.3, 0.4) is 0 Å². The van der Waals surface area contributed by atoms with Crippen molar-refractivity contribution in [2.24, 2.45) is 5.92 Å². The Bertz CT molecular complexity index is 276. The summed E-state index contributed by atoms with van der Waals surface area (Å²) in [5.74, 6) is 0.863. The van der Waals surface area contributed by atoms with Gasteiger partial charge in [-0.15, -0.1) is 0 Å². The molecule has 2 unspecified atom stereocenters. The molecule has 1 aromatic rings. The van der Waals surface area contributed by atoms with E-state index in [4.69, 9.17) is 0 Å². The highest BCUT2D eigenvalue weighted by Gasteiger charge is 2.16. The average molecular weight is 204 g/mol. The van der Waals surface area contributed by atoms with Crippen LogP contribution in [0.25, 0.3) is 0 Å². The van der Waals surface area contributed by atoms with Crippen LogP contribution >= 0.6 is 0 Å². The number of rotatable bonds is 3. The molecule has 0 bridgehead atoms. The maximum absolute atomic E-state index is 4.03. The van der Waals surface area contributed by atoms with E-state index >= 15 is 0 Å². The van der Waals surface area contributed by atoms with Gasteiger partial charge in [0.05, 0.1) is 0 Å². The zero-order valence-corrected chi connectivity index (χ0v) is 9.45. The summed E-state index contributed by atoms with van der Waals surface area (Å²) in [6.07, 6.45) is 8.92. The quantitative estimate of drug-likeness (QED) is 0.818. The second-order valence-electron chi connectivity index (χ2n) is 4.68. The first kappa shape index (κ1) is 10.6. The minimum Gasteiger partial charge on any atom is -0.314 e. The highest BCUT2D eigenvalue weighted by Crippen LogP contribution is 2.16. The minimum absolute atomic E-state index is 0.731. The highest BCUT2D eigenvalue weighted by atomic mass is 14.9. The zero-order chi connectivity index (χ0) is 10.5. The lowest BCUT2D eigenvalue weighted by Crippen LogP contribution is -2.38. The molecule has 15 heavy (non-hydrogen) atoms. The summed E-state index contributed by atoms with van der Waals surface area (Å²) in [4.78, 5) is 4.03. The molecule has 0 amide bonds. The molecule has 2 rings (SSSR count). The van der Waals surface area contributed by atoms with E-state index in [-0.39, 0.29) is 0 Å². The molecule has 82 valence electrons. The average Bonchev–Trinajstić information content (AvgIpc) is 2.30. The summed E-state index contributed by atoms with van der Waals surface area (Å²) < 4.78 is 0. The van der Waals surface area contributed by atoms with Gasteiger partial charge in [-0.2, -0.15) is 0 Å². The standard InChI is InChI=1S/C13H20N2/c1-11-2-4-13(15-10-11)5-3-12-6-8-14-9-7-12/h6-9,11,13,15H,2-5,10H2,1H3. The van der Waals surface area contributed by atoms with Gasteiger partial charge in [0.2, 0.25) is 0 Å². The molecule has 2 nitrogen and oxygen atoms in total. The molecule has 1 fully saturated rings. The number of pyridine rings is 1. The Labute approximate surface area is 92.1 Å². The molecule has 1 N–H and O–H groups in total. The fraction of sp³-hybridized carbons (Fsp3) is 0.615. The van der Waals surface area contributed by atoms with Gasteiger partial charge in [0.25, 0.3) is 0 Å². The second kappa shape index (κ2) is 5.26. The Morgan fingerprint density at radius 2 is 2.13 bits per heavy atom. The van der Waals surface area contributed by atoms with Crippen molar-refractivity contribution in [3.05, 3.63) is 30.1 Å². The summed E-state index contributed by atoms with van der Waals surface area (Å²) in [7, 11) is 0. The summed E-state index contributed by atoms with van der Waals surface area (Å²) in [5.41, 5.74) is 1.41. The van der Waals surface area contributed by atoms with E-state index in [2.05, 4.69) is 29.4 Å². The molecule has 0 saturated carbocycles. The molecule has 1 aromatic heterocycles. The SMILES string of the molecule is CC1CCC(CCc2ccncc2)NC1. The number of piperidine rings is 1. The molecule has 2 heterocycles. The first-order valence-corrected chi connectivity index (χ1v) is 5.97. The van der Waals surface area contributed by atoms with Crippen LogP contribution in [-0.4, -0.2) is 17.6 Å².